The van der Waals surface area contributed by atoms with Crippen LogP contribution in [0.4, 0.5) is 10.5 Å². The third kappa shape index (κ3) is 2.74. The first-order chi connectivity index (χ1) is 11.5. The minimum Gasteiger partial charge on any atom is -0.366 e. The lowest BCUT2D eigenvalue weighted by atomic mass is 10.1. The molecule has 0 aliphatic carbocycles. The van der Waals surface area contributed by atoms with E-state index in [2.05, 4.69) is 0 Å². The van der Waals surface area contributed by atoms with Crippen molar-refractivity contribution >= 4 is 23.5 Å². The van der Waals surface area contributed by atoms with E-state index in [1.54, 1.807) is 43.3 Å². The van der Waals surface area contributed by atoms with Crippen molar-refractivity contribution in [3.05, 3.63) is 65.7 Å². The van der Waals surface area contributed by atoms with Crippen molar-refractivity contribution in [1.29, 1.82) is 0 Å². The maximum absolute atomic E-state index is 12.7. The topological polar surface area (TPSA) is 83.7 Å². The van der Waals surface area contributed by atoms with E-state index in [-0.39, 0.29) is 18.5 Å². The highest BCUT2D eigenvalue weighted by molar-refractivity contribution is 6.13. The van der Waals surface area contributed by atoms with Gasteiger partial charge in [0.05, 0.1) is 6.54 Å². The normalized spacial score (nSPS) is 17.5. The summed E-state index contributed by atoms with van der Waals surface area (Å²) in [6, 6.07) is 14.8. The molecule has 1 saturated heterocycles. The molecule has 3 rings (SSSR count). The summed E-state index contributed by atoms with van der Waals surface area (Å²) in [5.41, 5.74) is 7.04. The van der Waals surface area contributed by atoms with E-state index in [1.807, 2.05) is 18.2 Å². The Labute approximate surface area is 139 Å². The highest BCUT2D eigenvalue weighted by Crippen LogP contribution is 2.26. The first kappa shape index (κ1) is 15.7. The van der Waals surface area contributed by atoms with Gasteiger partial charge in [-0.25, -0.2) is 4.79 Å². The van der Waals surface area contributed by atoms with Gasteiger partial charge in [0, 0.05) is 11.3 Å². The third-order valence-corrected chi connectivity index (χ3v) is 4.06. The summed E-state index contributed by atoms with van der Waals surface area (Å²) in [4.78, 5) is 38.9. The maximum Gasteiger partial charge on any atom is 0.332 e. The fraction of sp³-hybridized carbons (Fsp3) is 0.167. The van der Waals surface area contributed by atoms with E-state index in [0.717, 1.165) is 5.56 Å². The van der Waals surface area contributed by atoms with E-state index in [4.69, 9.17) is 5.73 Å². The van der Waals surface area contributed by atoms with Gasteiger partial charge in [0.15, 0.2) is 0 Å². The molecule has 0 unspecified atom stereocenters. The monoisotopic (exact) mass is 323 g/mol. The number of carbonyl (C=O) groups is 3. The van der Waals surface area contributed by atoms with Crippen LogP contribution >= 0.6 is 0 Å². The second kappa shape index (κ2) is 6.16. The molecule has 6 heteroatoms. The molecule has 1 aliphatic heterocycles. The van der Waals surface area contributed by atoms with Crippen molar-refractivity contribution in [2.75, 3.05) is 4.90 Å². The first-order valence-corrected chi connectivity index (χ1v) is 7.57. The number of imide groups is 1. The van der Waals surface area contributed by atoms with Crippen LogP contribution in [-0.4, -0.2) is 28.8 Å². The van der Waals surface area contributed by atoms with Crippen LogP contribution in [0.5, 0.6) is 0 Å². The van der Waals surface area contributed by atoms with E-state index < -0.39 is 11.9 Å². The molecular formula is C18H17N3O3. The number of nitrogens with two attached hydrogens (primary N) is 1. The Bertz CT molecular complexity index is 787. The van der Waals surface area contributed by atoms with Crippen LogP contribution in [-0.2, 0) is 11.3 Å². The lowest BCUT2D eigenvalue weighted by molar-refractivity contribution is -0.127. The molecule has 0 radical (unpaired) electrons. The van der Waals surface area contributed by atoms with Crippen molar-refractivity contribution < 1.29 is 14.4 Å². The van der Waals surface area contributed by atoms with E-state index in [1.165, 1.54) is 9.80 Å². The summed E-state index contributed by atoms with van der Waals surface area (Å²) in [7, 11) is 0. The molecule has 1 heterocycles. The van der Waals surface area contributed by atoms with Crippen LogP contribution in [0.2, 0.25) is 0 Å². The SMILES string of the molecule is C[C@@H]1C(=O)N(Cc2ccc(C(N)=O)cc2)C(=O)N1c1ccccc1. The smallest absolute Gasteiger partial charge is 0.332 e. The molecule has 1 fully saturated rings. The van der Waals surface area contributed by atoms with Gasteiger partial charge in [0.1, 0.15) is 6.04 Å². The molecule has 0 bridgehead atoms. The summed E-state index contributed by atoms with van der Waals surface area (Å²) < 4.78 is 0. The lowest BCUT2D eigenvalue weighted by Gasteiger charge is -2.19. The Kier molecular flexibility index (Phi) is 4.04. The third-order valence-electron chi connectivity index (χ3n) is 4.06. The Balaban J connectivity index is 1.82. The molecular weight excluding hydrogens is 306 g/mol. The van der Waals surface area contributed by atoms with E-state index >= 15 is 0 Å². The molecule has 4 amide bonds. The molecule has 1 atom stereocenters. The van der Waals surface area contributed by atoms with Gasteiger partial charge < -0.3 is 5.73 Å². The number of hydrogen-bond acceptors (Lipinski definition) is 3. The number of benzene rings is 2. The minimum atomic E-state index is -0.551. The zero-order chi connectivity index (χ0) is 17.3. The number of rotatable bonds is 4. The van der Waals surface area contributed by atoms with Gasteiger partial charge in [-0.05, 0) is 36.8 Å². The Hall–Kier alpha value is -3.15. The molecule has 0 spiro atoms. The van der Waals surface area contributed by atoms with Crippen molar-refractivity contribution in [2.24, 2.45) is 5.73 Å². The molecule has 1 aliphatic rings. The standard InChI is InChI=1S/C18H17N3O3/c1-12-17(23)20(11-13-7-9-14(10-8-13)16(19)22)18(24)21(12)15-5-3-2-4-6-15/h2-10,12H,11H2,1H3,(H2,19,22)/t12-/m1/s1. The fourth-order valence-corrected chi connectivity index (χ4v) is 2.75. The zero-order valence-corrected chi connectivity index (χ0v) is 13.2. The number of primary amides is 1. The predicted octanol–water partition coefficient (Wildman–Crippen LogP) is 2.14. The number of hydrogen-bond donors (Lipinski definition) is 1. The highest BCUT2D eigenvalue weighted by Gasteiger charge is 2.43. The average Bonchev–Trinajstić information content (AvgIpc) is 2.80. The number of nitrogens with zero attached hydrogens (tertiary/aromatic N) is 2. The van der Waals surface area contributed by atoms with Crippen molar-refractivity contribution in [2.45, 2.75) is 19.5 Å². The second-order valence-corrected chi connectivity index (χ2v) is 5.65. The van der Waals surface area contributed by atoms with Gasteiger partial charge in [-0.3, -0.25) is 19.4 Å². The Morgan fingerprint density at radius 3 is 2.25 bits per heavy atom. The van der Waals surface area contributed by atoms with Gasteiger partial charge in [0.2, 0.25) is 5.91 Å². The van der Waals surface area contributed by atoms with Crippen molar-refractivity contribution in [3.63, 3.8) is 0 Å². The van der Waals surface area contributed by atoms with Crippen LogP contribution in [0, 0.1) is 0 Å². The summed E-state index contributed by atoms with van der Waals surface area (Å²) in [5, 5.41) is 0. The van der Waals surface area contributed by atoms with Crippen molar-refractivity contribution in [1.82, 2.24) is 4.90 Å². The molecule has 0 saturated carbocycles. The minimum absolute atomic E-state index is 0.157. The second-order valence-electron chi connectivity index (χ2n) is 5.65. The summed E-state index contributed by atoms with van der Waals surface area (Å²) in [6.07, 6.45) is 0. The molecule has 24 heavy (non-hydrogen) atoms. The number of carbonyl (C=O) groups excluding carboxylic acids is 3. The fourth-order valence-electron chi connectivity index (χ4n) is 2.75. The molecule has 2 aromatic carbocycles. The van der Waals surface area contributed by atoms with Crippen LogP contribution in [0.3, 0.4) is 0 Å². The van der Waals surface area contributed by atoms with Crippen LogP contribution in [0.25, 0.3) is 0 Å². The summed E-state index contributed by atoms with van der Waals surface area (Å²) in [6.45, 7) is 1.87. The zero-order valence-electron chi connectivity index (χ0n) is 13.2. The van der Waals surface area contributed by atoms with E-state index in [9.17, 15) is 14.4 Å². The largest absolute Gasteiger partial charge is 0.366 e. The summed E-state index contributed by atoms with van der Waals surface area (Å²) >= 11 is 0. The number of anilines is 1. The number of amides is 4. The lowest BCUT2D eigenvalue weighted by Crippen LogP contribution is -2.33. The van der Waals surface area contributed by atoms with E-state index in [0.29, 0.717) is 11.3 Å². The molecule has 6 nitrogen and oxygen atoms in total. The Morgan fingerprint density at radius 2 is 1.67 bits per heavy atom. The van der Waals surface area contributed by atoms with Crippen LogP contribution < -0.4 is 10.6 Å². The average molecular weight is 323 g/mol. The number of para-hydroxylation sites is 1. The molecule has 2 aromatic rings. The van der Waals surface area contributed by atoms with Gasteiger partial charge >= 0.3 is 6.03 Å². The molecule has 0 aromatic heterocycles. The van der Waals surface area contributed by atoms with Gasteiger partial charge in [-0.1, -0.05) is 30.3 Å². The van der Waals surface area contributed by atoms with Crippen molar-refractivity contribution in [3.8, 4) is 0 Å². The quantitative estimate of drug-likeness (QED) is 0.875. The van der Waals surface area contributed by atoms with Gasteiger partial charge in [-0.15, -0.1) is 0 Å². The molecule has 2 N–H and O–H groups in total. The number of urea groups is 1. The Morgan fingerprint density at radius 1 is 1.04 bits per heavy atom. The van der Waals surface area contributed by atoms with Crippen LogP contribution in [0.1, 0.15) is 22.8 Å². The predicted molar refractivity (Wildman–Crippen MR) is 89.3 cm³/mol. The van der Waals surface area contributed by atoms with Crippen LogP contribution in [0.15, 0.2) is 54.6 Å². The highest BCUT2D eigenvalue weighted by atomic mass is 16.2. The first-order valence-electron chi connectivity index (χ1n) is 7.57. The van der Waals surface area contributed by atoms with Gasteiger partial charge in [0.25, 0.3) is 5.91 Å². The molecule has 122 valence electrons. The summed E-state index contributed by atoms with van der Waals surface area (Å²) in [5.74, 6) is -0.762. The van der Waals surface area contributed by atoms with Gasteiger partial charge in [-0.2, -0.15) is 0 Å². The maximum atomic E-state index is 12.7.